The summed E-state index contributed by atoms with van der Waals surface area (Å²) in [6, 6.07) is 9.96. The fourth-order valence-electron chi connectivity index (χ4n) is 3.53. The zero-order valence-electron chi connectivity index (χ0n) is 17.2. The van der Waals surface area contributed by atoms with Gasteiger partial charge in [-0.05, 0) is 25.5 Å². The summed E-state index contributed by atoms with van der Waals surface area (Å²) < 4.78 is 2.07. The molecule has 1 aliphatic rings. The van der Waals surface area contributed by atoms with E-state index in [2.05, 4.69) is 55.6 Å². The molecule has 4 rings (SSSR count). The van der Waals surface area contributed by atoms with Crippen LogP contribution < -0.4 is 4.90 Å². The number of aromatic nitrogens is 5. The topological polar surface area (TPSA) is 80.0 Å². The van der Waals surface area contributed by atoms with E-state index in [0.717, 1.165) is 47.7 Å². The van der Waals surface area contributed by atoms with Gasteiger partial charge in [-0.25, -0.2) is 9.97 Å². The van der Waals surface area contributed by atoms with Crippen molar-refractivity contribution in [3.63, 3.8) is 0 Å². The Morgan fingerprint density at radius 1 is 1.03 bits per heavy atom. The first-order chi connectivity index (χ1) is 14.7. The molecule has 0 atom stereocenters. The number of piperazine rings is 1. The second-order valence-electron chi connectivity index (χ2n) is 7.07. The number of nitrogens with zero attached hydrogens (tertiary/aromatic N) is 7. The fourth-order valence-corrected chi connectivity index (χ4v) is 4.44. The normalized spacial score (nSPS) is 14.2. The number of anilines is 1. The predicted octanol–water partition coefficient (Wildman–Crippen LogP) is 2.50. The van der Waals surface area contributed by atoms with E-state index in [0.29, 0.717) is 18.8 Å². The maximum absolute atomic E-state index is 12.7. The lowest BCUT2D eigenvalue weighted by molar-refractivity contribution is -0.128. The lowest BCUT2D eigenvalue weighted by Crippen LogP contribution is -2.49. The van der Waals surface area contributed by atoms with Crippen molar-refractivity contribution >= 4 is 23.6 Å². The quantitative estimate of drug-likeness (QED) is 0.564. The van der Waals surface area contributed by atoms with Crippen LogP contribution in [-0.2, 0) is 11.3 Å². The molecule has 0 bridgehead atoms. The highest BCUT2D eigenvalue weighted by molar-refractivity contribution is 7.99. The van der Waals surface area contributed by atoms with Crippen molar-refractivity contribution in [3.8, 4) is 11.4 Å². The molecule has 0 radical (unpaired) electrons. The van der Waals surface area contributed by atoms with Gasteiger partial charge in [0.2, 0.25) is 11.9 Å². The first-order valence-corrected chi connectivity index (χ1v) is 11.1. The van der Waals surface area contributed by atoms with Crippen LogP contribution in [0.4, 0.5) is 5.95 Å². The number of aryl methyl sites for hydroxylation is 1. The summed E-state index contributed by atoms with van der Waals surface area (Å²) in [4.78, 5) is 25.3. The minimum atomic E-state index is 0.122. The van der Waals surface area contributed by atoms with Gasteiger partial charge >= 0.3 is 0 Å². The first kappa shape index (κ1) is 20.3. The van der Waals surface area contributed by atoms with Crippen LogP contribution in [0.2, 0.25) is 0 Å². The summed E-state index contributed by atoms with van der Waals surface area (Å²) in [6.45, 7) is 7.72. The van der Waals surface area contributed by atoms with Crippen molar-refractivity contribution in [1.82, 2.24) is 29.6 Å². The third-order valence-corrected chi connectivity index (χ3v) is 6.16. The van der Waals surface area contributed by atoms with Crippen LogP contribution in [0.3, 0.4) is 0 Å². The van der Waals surface area contributed by atoms with Gasteiger partial charge in [-0.2, -0.15) is 0 Å². The fraction of sp³-hybridized carbons (Fsp3) is 0.381. The van der Waals surface area contributed by atoms with Gasteiger partial charge in [0.15, 0.2) is 11.0 Å². The Morgan fingerprint density at radius 3 is 2.47 bits per heavy atom. The number of thioether (sulfide) groups is 1. The Balaban J connectivity index is 1.36. The number of carbonyl (C=O) groups is 1. The van der Waals surface area contributed by atoms with Crippen LogP contribution in [-0.4, -0.2) is 67.5 Å². The van der Waals surface area contributed by atoms with E-state index in [1.54, 1.807) is 18.5 Å². The standard InChI is InChI=1S/C21H25N7OS/c1-3-28-19(17-8-5-4-7-16(17)2)24-25-21(28)30-15-18(29)26-11-13-27(14-12-26)20-22-9-6-10-23-20/h4-10H,3,11-15H2,1-2H3. The second-order valence-corrected chi connectivity index (χ2v) is 8.01. The third kappa shape index (κ3) is 4.30. The Bertz CT molecular complexity index is 1000. The van der Waals surface area contributed by atoms with Crippen LogP contribution in [0, 0.1) is 6.92 Å². The molecular weight excluding hydrogens is 398 g/mol. The number of carbonyl (C=O) groups excluding carboxylic acids is 1. The van der Waals surface area contributed by atoms with E-state index in [-0.39, 0.29) is 5.91 Å². The Kier molecular flexibility index (Phi) is 6.27. The molecule has 156 valence electrons. The summed E-state index contributed by atoms with van der Waals surface area (Å²) in [5.74, 6) is 2.05. The highest BCUT2D eigenvalue weighted by Crippen LogP contribution is 2.26. The maximum Gasteiger partial charge on any atom is 0.233 e. The van der Waals surface area contributed by atoms with Gasteiger partial charge < -0.3 is 14.4 Å². The van der Waals surface area contributed by atoms with Gasteiger partial charge in [0.1, 0.15) is 0 Å². The molecule has 0 spiro atoms. The summed E-state index contributed by atoms with van der Waals surface area (Å²) in [7, 11) is 0. The molecule has 9 heteroatoms. The van der Waals surface area contributed by atoms with Crippen LogP contribution in [0.15, 0.2) is 47.9 Å². The number of benzene rings is 1. The zero-order chi connectivity index (χ0) is 20.9. The first-order valence-electron chi connectivity index (χ1n) is 10.1. The van der Waals surface area contributed by atoms with Gasteiger partial charge in [0.05, 0.1) is 5.75 Å². The Hall–Kier alpha value is -2.94. The van der Waals surface area contributed by atoms with Gasteiger partial charge in [-0.3, -0.25) is 4.79 Å². The van der Waals surface area contributed by atoms with Crippen molar-refractivity contribution < 1.29 is 4.79 Å². The average molecular weight is 424 g/mol. The van der Waals surface area contributed by atoms with Crippen molar-refractivity contribution in [2.45, 2.75) is 25.5 Å². The molecule has 3 heterocycles. The average Bonchev–Trinajstić information content (AvgIpc) is 3.21. The maximum atomic E-state index is 12.7. The summed E-state index contributed by atoms with van der Waals surface area (Å²) in [5.41, 5.74) is 2.23. The van der Waals surface area contributed by atoms with E-state index in [1.165, 1.54) is 11.8 Å². The number of rotatable bonds is 6. The molecule has 0 unspecified atom stereocenters. The van der Waals surface area contributed by atoms with Gasteiger partial charge in [-0.15, -0.1) is 10.2 Å². The van der Waals surface area contributed by atoms with Crippen LogP contribution in [0.25, 0.3) is 11.4 Å². The van der Waals surface area contributed by atoms with Crippen molar-refractivity contribution in [3.05, 3.63) is 48.3 Å². The lowest BCUT2D eigenvalue weighted by atomic mass is 10.1. The smallest absolute Gasteiger partial charge is 0.233 e. The predicted molar refractivity (Wildman–Crippen MR) is 117 cm³/mol. The van der Waals surface area contributed by atoms with Crippen molar-refractivity contribution in [2.24, 2.45) is 0 Å². The number of hydrogen-bond acceptors (Lipinski definition) is 7. The molecule has 0 saturated carbocycles. The minimum absolute atomic E-state index is 0.122. The molecule has 1 amide bonds. The molecule has 0 aliphatic carbocycles. The minimum Gasteiger partial charge on any atom is -0.338 e. The highest BCUT2D eigenvalue weighted by Gasteiger charge is 2.23. The Morgan fingerprint density at radius 2 is 1.77 bits per heavy atom. The van der Waals surface area contributed by atoms with E-state index in [1.807, 2.05) is 17.0 Å². The molecular formula is C21H25N7OS. The molecule has 0 N–H and O–H groups in total. The van der Waals surface area contributed by atoms with Crippen LogP contribution >= 0.6 is 11.8 Å². The second kappa shape index (κ2) is 9.25. The van der Waals surface area contributed by atoms with Crippen molar-refractivity contribution in [2.75, 3.05) is 36.8 Å². The zero-order valence-corrected chi connectivity index (χ0v) is 18.0. The molecule has 30 heavy (non-hydrogen) atoms. The summed E-state index contributed by atoms with van der Waals surface area (Å²) in [6.07, 6.45) is 3.48. The van der Waals surface area contributed by atoms with E-state index in [9.17, 15) is 4.79 Å². The Labute approximate surface area is 180 Å². The molecule has 1 aromatic carbocycles. The largest absolute Gasteiger partial charge is 0.338 e. The summed E-state index contributed by atoms with van der Waals surface area (Å²) in [5, 5.41) is 9.53. The monoisotopic (exact) mass is 423 g/mol. The molecule has 8 nitrogen and oxygen atoms in total. The SMILES string of the molecule is CCn1c(SCC(=O)N2CCN(c3ncccn3)CC2)nnc1-c1ccccc1C. The third-order valence-electron chi connectivity index (χ3n) is 5.21. The van der Waals surface area contributed by atoms with Crippen LogP contribution in [0.1, 0.15) is 12.5 Å². The van der Waals surface area contributed by atoms with Gasteiger partial charge in [0.25, 0.3) is 0 Å². The lowest BCUT2D eigenvalue weighted by Gasteiger charge is -2.34. The highest BCUT2D eigenvalue weighted by atomic mass is 32.2. The molecule has 1 fully saturated rings. The van der Waals surface area contributed by atoms with E-state index >= 15 is 0 Å². The van der Waals surface area contributed by atoms with Gasteiger partial charge in [-0.1, -0.05) is 36.0 Å². The van der Waals surface area contributed by atoms with Gasteiger partial charge in [0, 0.05) is 50.7 Å². The molecule has 2 aromatic heterocycles. The number of amides is 1. The van der Waals surface area contributed by atoms with E-state index in [4.69, 9.17) is 0 Å². The molecule has 1 aliphatic heterocycles. The van der Waals surface area contributed by atoms with E-state index < -0.39 is 0 Å². The number of hydrogen-bond donors (Lipinski definition) is 0. The summed E-state index contributed by atoms with van der Waals surface area (Å²) >= 11 is 1.45. The molecule has 1 saturated heterocycles. The van der Waals surface area contributed by atoms with Crippen LogP contribution in [0.5, 0.6) is 0 Å². The molecule has 3 aromatic rings. The van der Waals surface area contributed by atoms with Crippen molar-refractivity contribution in [1.29, 1.82) is 0 Å².